The Morgan fingerprint density at radius 2 is 1.94 bits per heavy atom. The van der Waals surface area contributed by atoms with Gasteiger partial charge in [-0.05, 0) is 11.5 Å². The summed E-state index contributed by atoms with van der Waals surface area (Å²) in [6.07, 6.45) is -0.540. The Morgan fingerprint density at radius 3 is 2.47 bits per heavy atom. The number of aliphatic hydroxyl groups excluding tert-OH is 1. The molecule has 0 heterocycles. The van der Waals surface area contributed by atoms with Crippen LogP contribution in [0.3, 0.4) is 0 Å². The van der Waals surface area contributed by atoms with E-state index in [1.807, 2.05) is 44.2 Å². The molecule has 0 saturated heterocycles. The van der Waals surface area contributed by atoms with Crippen molar-refractivity contribution in [2.24, 2.45) is 11.7 Å². The van der Waals surface area contributed by atoms with Crippen LogP contribution in [0.1, 0.15) is 25.5 Å². The monoisotopic (exact) mass is 236 g/mol. The Balaban J connectivity index is 2.48. The summed E-state index contributed by atoms with van der Waals surface area (Å²) in [5.41, 5.74) is 6.57. The molecule has 1 aromatic carbocycles. The van der Waals surface area contributed by atoms with Crippen molar-refractivity contribution in [3.8, 4) is 0 Å². The van der Waals surface area contributed by atoms with Gasteiger partial charge in [-0.3, -0.25) is 4.79 Å². The van der Waals surface area contributed by atoms with E-state index in [1.165, 1.54) is 0 Å². The van der Waals surface area contributed by atoms with Gasteiger partial charge in [-0.1, -0.05) is 44.2 Å². The number of carbonyl (C=O) groups is 1. The van der Waals surface area contributed by atoms with Crippen LogP contribution in [-0.4, -0.2) is 23.7 Å². The molecule has 0 saturated carbocycles. The first-order valence-electron chi connectivity index (χ1n) is 5.78. The van der Waals surface area contributed by atoms with Gasteiger partial charge < -0.3 is 16.2 Å². The zero-order valence-corrected chi connectivity index (χ0v) is 10.3. The SMILES string of the molecule is CC(C)C(O)CNC(=O)[C@@H](N)c1ccccc1. The molecule has 2 atom stereocenters. The lowest BCUT2D eigenvalue weighted by Gasteiger charge is -2.17. The van der Waals surface area contributed by atoms with Crippen LogP contribution in [0.15, 0.2) is 30.3 Å². The fourth-order valence-electron chi connectivity index (χ4n) is 1.36. The summed E-state index contributed by atoms with van der Waals surface area (Å²) < 4.78 is 0. The summed E-state index contributed by atoms with van der Waals surface area (Å²) in [7, 11) is 0. The van der Waals surface area contributed by atoms with Crippen molar-refractivity contribution in [2.75, 3.05) is 6.54 Å². The number of hydrogen-bond acceptors (Lipinski definition) is 3. The third-order valence-corrected chi connectivity index (χ3v) is 2.70. The Morgan fingerprint density at radius 1 is 1.35 bits per heavy atom. The Kier molecular flexibility index (Phi) is 5.12. The van der Waals surface area contributed by atoms with Crippen LogP contribution >= 0.6 is 0 Å². The molecule has 0 spiro atoms. The maximum absolute atomic E-state index is 11.7. The largest absolute Gasteiger partial charge is 0.391 e. The normalized spacial score (nSPS) is 14.4. The number of nitrogens with one attached hydrogen (secondary N) is 1. The third kappa shape index (κ3) is 4.17. The number of benzene rings is 1. The fraction of sp³-hybridized carbons (Fsp3) is 0.462. The average Bonchev–Trinajstić information content (AvgIpc) is 2.35. The molecule has 0 radical (unpaired) electrons. The van der Waals surface area contributed by atoms with E-state index in [9.17, 15) is 9.90 Å². The van der Waals surface area contributed by atoms with E-state index in [4.69, 9.17) is 5.73 Å². The smallest absolute Gasteiger partial charge is 0.241 e. The minimum Gasteiger partial charge on any atom is -0.391 e. The Bertz CT molecular complexity index is 352. The first kappa shape index (κ1) is 13.7. The van der Waals surface area contributed by atoms with Crippen LogP contribution in [0, 0.1) is 5.92 Å². The zero-order chi connectivity index (χ0) is 12.8. The summed E-state index contributed by atoms with van der Waals surface area (Å²) in [6.45, 7) is 4.03. The maximum atomic E-state index is 11.7. The summed E-state index contributed by atoms with van der Waals surface area (Å²) in [4.78, 5) is 11.7. The van der Waals surface area contributed by atoms with Crippen molar-refractivity contribution >= 4 is 5.91 Å². The lowest BCUT2D eigenvalue weighted by Crippen LogP contribution is -2.39. The van der Waals surface area contributed by atoms with Crippen LogP contribution < -0.4 is 11.1 Å². The maximum Gasteiger partial charge on any atom is 0.241 e. The number of aliphatic hydroxyl groups is 1. The Labute approximate surface area is 102 Å². The standard InChI is InChI=1S/C13H20N2O2/c1-9(2)11(16)8-15-13(17)12(14)10-6-4-3-5-7-10/h3-7,9,11-12,16H,8,14H2,1-2H3,(H,15,17)/t11?,12-/m0/s1. The van der Waals surface area contributed by atoms with Gasteiger partial charge in [0.05, 0.1) is 6.10 Å². The van der Waals surface area contributed by atoms with Gasteiger partial charge in [0, 0.05) is 6.54 Å². The molecule has 0 aliphatic heterocycles. The summed E-state index contributed by atoms with van der Waals surface area (Å²) in [5, 5.41) is 12.2. The highest BCUT2D eigenvalue weighted by Crippen LogP contribution is 2.09. The van der Waals surface area contributed by atoms with Crippen molar-refractivity contribution in [1.29, 1.82) is 0 Å². The van der Waals surface area contributed by atoms with Gasteiger partial charge in [0.25, 0.3) is 0 Å². The highest BCUT2D eigenvalue weighted by Gasteiger charge is 2.17. The second-order valence-electron chi connectivity index (χ2n) is 4.44. The van der Waals surface area contributed by atoms with Crippen LogP contribution in [0.4, 0.5) is 0 Å². The number of amides is 1. The minimum absolute atomic E-state index is 0.114. The van der Waals surface area contributed by atoms with Crippen molar-refractivity contribution in [1.82, 2.24) is 5.32 Å². The predicted octanol–water partition coefficient (Wildman–Crippen LogP) is 0.819. The van der Waals surface area contributed by atoms with E-state index in [0.717, 1.165) is 5.56 Å². The molecule has 94 valence electrons. The van der Waals surface area contributed by atoms with Gasteiger partial charge in [0.2, 0.25) is 5.91 Å². The van der Waals surface area contributed by atoms with E-state index >= 15 is 0 Å². The molecule has 1 rings (SSSR count). The van der Waals surface area contributed by atoms with Crippen molar-refractivity contribution in [2.45, 2.75) is 26.0 Å². The number of rotatable bonds is 5. The molecule has 1 unspecified atom stereocenters. The number of nitrogens with two attached hydrogens (primary N) is 1. The first-order valence-corrected chi connectivity index (χ1v) is 5.78. The molecular formula is C13H20N2O2. The molecule has 0 aromatic heterocycles. The molecule has 0 aliphatic carbocycles. The van der Waals surface area contributed by atoms with Crippen molar-refractivity contribution in [3.05, 3.63) is 35.9 Å². The van der Waals surface area contributed by atoms with E-state index in [0.29, 0.717) is 0 Å². The second-order valence-corrected chi connectivity index (χ2v) is 4.44. The molecule has 1 amide bonds. The van der Waals surface area contributed by atoms with Gasteiger partial charge in [0.1, 0.15) is 6.04 Å². The fourth-order valence-corrected chi connectivity index (χ4v) is 1.36. The summed E-state index contributed by atoms with van der Waals surface area (Å²) in [6, 6.07) is 8.48. The Hall–Kier alpha value is -1.39. The number of hydrogen-bond donors (Lipinski definition) is 3. The molecule has 0 fully saturated rings. The highest BCUT2D eigenvalue weighted by atomic mass is 16.3. The molecule has 17 heavy (non-hydrogen) atoms. The summed E-state index contributed by atoms with van der Waals surface area (Å²) >= 11 is 0. The lowest BCUT2D eigenvalue weighted by molar-refractivity contribution is -0.123. The van der Waals surface area contributed by atoms with E-state index < -0.39 is 12.1 Å². The average molecular weight is 236 g/mol. The molecule has 4 heteroatoms. The van der Waals surface area contributed by atoms with E-state index in [2.05, 4.69) is 5.32 Å². The van der Waals surface area contributed by atoms with Gasteiger partial charge in [-0.25, -0.2) is 0 Å². The van der Waals surface area contributed by atoms with E-state index in [-0.39, 0.29) is 18.4 Å². The van der Waals surface area contributed by atoms with Gasteiger partial charge >= 0.3 is 0 Å². The quantitative estimate of drug-likeness (QED) is 0.708. The molecule has 1 aromatic rings. The van der Waals surface area contributed by atoms with Crippen molar-refractivity contribution < 1.29 is 9.90 Å². The minimum atomic E-state index is -0.685. The van der Waals surface area contributed by atoms with Gasteiger partial charge in [-0.2, -0.15) is 0 Å². The van der Waals surface area contributed by atoms with Gasteiger partial charge in [-0.15, -0.1) is 0 Å². The van der Waals surface area contributed by atoms with Gasteiger partial charge in [0.15, 0.2) is 0 Å². The molecule has 0 bridgehead atoms. The third-order valence-electron chi connectivity index (χ3n) is 2.70. The van der Waals surface area contributed by atoms with Crippen LogP contribution in [-0.2, 0) is 4.79 Å². The molecule has 4 nitrogen and oxygen atoms in total. The van der Waals surface area contributed by atoms with Crippen molar-refractivity contribution in [3.63, 3.8) is 0 Å². The predicted molar refractivity (Wildman–Crippen MR) is 67.2 cm³/mol. The highest BCUT2D eigenvalue weighted by molar-refractivity contribution is 5.82. The topological polar surface area (TPSA) is 75.3 Å². The van der Waals surface area contributed by atoms with Crippen LogP contribution in [0.2, 0.25) is 0 Å². The zero-order valence-electron chi connectivity index (χ0n) is 10.3. The summed E-state index contributed by atoms with van der Waals surface area (Å²) in [5.74, 6) is -0.154. The first-order chi connectivity index (χ1) is 8.02. The lowest BCUT2D eigenvalue weighted by atomic mass is 10.1. The molecule has 0 aliphatic rings. The molecule has 4 N–H and O–H groups in total. The van der Waals surface area contributed by atoms with Crippen LogP contribution in [0.25, 0.3) is 0 Å². The second kappa shape index (κ2) is 6.37. The molecular weight excluding hydrogens is 216 g/mol. The van der Waals surface area contributed by atoms with E-state index in [1.54, 1.807) is 0 Å². The van der Waals surface area contributed by atoms with Crippen LogP contribution in [0.5, 0.6) is 0 Å². The number of carbonyl (C=O) groups excluding carboxylic acids is 1.